The van der Waals surface area contributed by atoms with Crippen LogP contribution in [-0.4, -0.2) is 102 Å². The van der Waals surface area contributed by atoms with Gasteiger partial charge in [-0.15, -0.1) is 0 Å². The Bertz CT molecular complexity index is 1590. The molecule has 58 heavy (non-hydrogen) atoms. The smallest absolute Gasteiger partial charge is 0.410 e. The van der Waals surface area contributed by atoms with E-state index in [4.69, 9.17) is 4.74 Å². The zero-order valence-corrected chi connectivity index (χ0v) is 36.7. The fraction of sp³-hybridized carbons (Fsp3) is 0.733. The third-order valence-corrected chi connectivity index (χ3v) is 12.3. The highest BCUT2D eigenvalue weighted by Crippen LogP contribution is 2.31. The van der Waals surface area contributed by atoms with E-state index in [1.165, 1.54) is 44.1 Å². The largest absolute Gasteiger partial charge is 0.444 e. The fourth-order valence-electron chi connectivity index (χ4n) is 8.53. The van der Waals surface area contributed by atoms with Crippen LogP contribution in [0.25, 0.3) is 0 Å². The summed E-state index contributed by atoms with van der Waals surface area (Å²) in [5, 5.41) is 12.2. The van der Waals surface area contributed by atoms with Gasteiger partial charge in [0.25, 0.3) is 11.8 Å². The van der Waals surface area contributed by atoms with Crippen molar-refractivity contribution >= 4 is 35.6 Å². The molecular formula is C45H72N6O7. The van der Waals surface area contributed by atoms with Crippen molar-refractivity contribution in [2.24, 2.45) is 23.2 Å². The third kappa shape index (κ3) is 13.2. The van der Waals surface area contributed by atoms with E-state index in [1.54, 1.807) is 56.9 Å². The van der Waals surface area contributed by atoms with E-state index < -0.39 is 41.1 Å². The first-order valence-electron chi connectivity index (χ1n) is 21.8. The molecule has 3 fully saturated rings. The van der Waals surface area contributed by atoms with Crippen LogP contribution in [-0.2, 0) is 19.1 Å². The van der Waals surface area contributed by atoms with Gasteiger partial charge in [0.05, 0.1) is 0 Å². The Hall–Kier alpha value is -4.16. The molecule has 13 nitrogen and oxygen atoms in total. The average molecular weight is 809 g/mol. The summed E-state index contributed by atoms with van der Waals surface area (Å²) < 4.78 is 5.43. The Kier molecular flexibility index (Phi) is 16.6. The lowest BCUT2D eigenvalue weighted by Crippen LogP contribution is -2.61. The van der Waals surface area contributed by atoms with E-state index in [9.17, 15) is 28.8 Å². The summed E-state index contributed by atoms with van der Waals surface area (Å²) in [5.41, 5.74) is -0.645. The number of hydrogen-bond donors (Lipinski definition) is 4. The van der Waals surface area contributed by atoms with Gasteiger partial charge in [0.1, 0.15) is 23.7 Å². The maximum absolute atomic E-state index is 14.3. The number of benzene rings is 1. The minimum atomic E-state index is -0.963. The van der Waals surface area contributed by atoms with Crippen LogP contribution in [0.4, 0.5) is 4.79 Å². The number of carbonyl (C=O) groups is 6. The zero-order valence-electron chi connectivity index (χ0n) is 36.7. The monoisotopic (exact) mass is 809 g/mol. The maximum atomic E-state index is 14.3. The molecule has 1 aliphatic heterocycles. The van der Waals surface area contributed by atoms with E-state index >= 15 is 0 Å². The molecule has 1 heterocycles. The van der Waals surface area contributed by atoms with E-state index in [0.717, 1.165) is 32.1 Å². The topological polar surface area (TPSA) is 166 Å². The van der Waals surface area contributed by atoms with Gasteiger partial charge in [0.15, 0.2) is 0 Å². The molecule has 13 heteroatoms. The molecule has 1 aromatic rings. The Morgan fingerprint density at radius 2 is 1.31 bits per heavy atom. The van der Waals surface area contributed by atoms with Gasteiger partial charge in [0, 0.05) is 43.9 Å². The number of hydrogen-bond acceptors (Lipinski definition) is 7. The number of amides is 6. The van der Waals surface area contributed by atoms with E-state index in [0.29, 0.717) is 48.9 Å². The molecule has 1 aromatic carbocycles. The number of carbonyl (C=O) groups excluding carboxylic acids is 6. The van der Waals surface area contributed by atoms with Crippen LogP contribution in [0.2, 0.25) is 0 Å². The van der Waals surface area contributed by atoms with Crippen LogP contribution < -0.4 is 21.3 Å². The lowest BCUT2D eigenvalue weighted by molar-refractivity contribution is -0.144. The van der Waals surface area contributed by atoms with Crippen molar-refractivity contribution < 1.29 is 33.5 Å². The van der Waals surface area contributed by atoms with Crippen LogP contribution in [0.15, 0.2) is 24.3 Å². The van der Waals surface area contributed by atoms with Crippen molar-refractivity contribution in [2.75, 3.05) is 26.7 Å². The predicted octanol–water partition coefficient (Wildman–Crippen LogP) is 6.21. The standard InChI is InChI=1S/C45H72N6O7/c1-29(31-18-12-10-13-19-31)27-46-39(53)33-22-16-23-34(26-33)40(54)47-28-35(32-20-14-11-15-21-32)48-41(55)36-24-17-25-51(36)42(56)37(44(3,4)5)49-38(52)30(2)50(9)43(57)58-45(6,7)8/h16,22-23,26,29-32,35-37H,10-15,17-21,24-25,27-28H2,1-9H3,(H,46,53)(H,47,54)(H,48,55)(H,49,52)/t29-,30+,35-,36?,37-/m1/s1. The Morgan fingerprint density at radius 1 is 0.759 bits per heavy atom. The molecule has 324 valence electrons. The quantitative estimate of drug-likeness (QED) is 0.174. The maximum Gasteiger partial charge on any atom is 0.410 e. The number of nitrogens with zero attached hydrogens (tertiary/aromatic N) is 2. The molecule has 4 N–H and O–H groups in total. The van der Waals surface area contributed by atoms with Gasteiger partial charge in [-0.1, -0.05) is 85.1 Å². The highest BCUT2D eigenvalue weighted by molar-refractivity contribution is 6.00. The summed E-state index contributed by atoms with van der Waals surface area (Å²) in [6.45, 7) is 15.7. The highest BCUT2D eigenvalue weighted by atomic mass is 16.6. The van der Waals surface area contributed by atoms with Gasteiger partial charge in [-0.05, 0) is 94.7 Å². The first-order valence-corrected chi connectivity index (χ1v) is 21.8. The van der Waals surface area contributed by atoms with Crippen LogP contribution in [0.1, 0.15) is 153 Å². The molecule has 0 bridgehead atoms. The number of likely N-dealkylation sites (tertiary alicyclic amines) is 1. The van der Waals surface area contributed by atoms with Gasteiger partial charge < -0.3 is 30.9 Å². The molecule has 3 aliphatic rings. The highest BCUT2D eigenvalue weighted by Gasteiger charge is 2.43. The Morgan fingerprint density at radius 3 is 1.86 bits per heavy atom. The Balaban J connectivity index is 1.40. The SMILES string of the molecule is C[C@H](CNC(=O)c1cccc(C(=O)NC[C@@H](NC(=O)C2CCCN2C(=O)[C@@H](NC(=O)[C@H](C)N(C)C(=O)OC(C)(C)C)C(C)(C)C)C2CCCCC2)c1)C1CCCCC1. The molecular weight excluding hydrogens is 737 g/mol. The first-order chi connectivity index (χ1) is 27.3. The van der Waals surface area contributed by atoms with Crippen molar-refractivity contribution in [3.63, 3.8) is 0 Å². The summed E-state index contributed by atoms with van der Waals surface area (Å²) in [7, 11) is 1.48. The van der Waals surface area contributed by atoms with Gasteiger partial charge >= 0.3 is 6.09 Å². The summed E-state index contributed by atoms with van der Waals surface area (Å²) in [6.07, 6.45) is 11.7. The summed E-state index contributed by atoms with van der Waals surface area (Å²) in [6, 6.07) is 3.76. The minimum Gasteiger partial charge on any atom is -0.444 e. The number of nitrogens with one attached hydrogen (secondary N) is 4. The molecule has 5 atom stereocenters. The lowest BCUT2D eigenvalue weighted by atomic mass is 9.81. The molecule has 1 unspecified atom stereocenters. The fourth-order valence-corrected chi connectivity index (χ4v) is 8.53. The normalized spacial score (nSPS) is 20.2. The second-order valence-electron chi connectivity index (χ2n) is 19.2. The number of likely N-dealkylation sites (N-methyl/N-ethyl adjacent to an activating group) is 1. The molecule has 4 rings (SSSR count). The number of ether oxygens (including phenoxy) is 1. The molecule has 0 radical (unpaired) electrons. The van der Waals surface area contributed by atoms with Crippen molar-refractivity contribution in [1.82, 2.24) is 31.1 Å². The van der Waals surface area contributed by atoms with Crippen molar-refractivity contribution in [3.05, 3.63) is 35.4 Å². The zero-order chi connectivity index (χ0) is 42.8. The van der Waals surface area contributed by atoms with E-state index in [1.807, 2.05) is 20.8 Å². The second kappa shape index (κ2) is 20.7. The second-order valence-corrected chi connectivity index (χ2v) is 19.2. The van der Waals surface area contributed by atoms with Gasteiger partial charge in [-0.25, -0.2) is 4.79 Å². The molecule has 0 aromatic heterocycles. The minimum absolute atomic E-state index is 0.150. The molecule has 2 saturated carbocycles. The van der Waals surface area contributed by atoms with E-state index in [-0.39, 0.29) is 42.1 Å². The van der Waals surface area contributed by atoms with Crippen molar-refractivity contribution in [2.45, 2.75) is 162 Å². The van der Waals surface area contributed by atoms with Gasteiger partial charge in [-0.2, -0.15) is 0 Å². The number of rotatable bonds is 14. The van der Waals surface area contributed by atoms with Crippen LogP contribution >= 0.6 is 0 Å². The molecule has 0 spiro atoms. The summed E-state index contributed by atoms with van der Waals surface area (Å²) >= 11 is 0. The summed E-state index contributed by atoms with van der Waals surface area (Å²) in [5.74, 6) is -0.503. The Labute approximate surface area is 346 Å². The average Bonchev–Trinajstić information content (AvgIpc) is 3.69. The molecule has 2 aliphatic carbocycles. The van der Waals surface area contributed by atoms with Gasteiger partial charge in [0.2, 0.25) is 17.7 Å². The summed E-state index contributed by atoms with van der Waals surface area (Å²) in [4.78, 5) is 84.0. The molecule has 6 amide bonds. The predicted molar refractivity (Wildman–Crippen MR) is 225 cm³/mol. The first kappa shape index (κ1) is 46.5. The van der Waals surface area contributed by atoms with Gasteiger partial charge in [-0.3, -0.25) is 28.9 Å². The van der Waals surface area contributed by atoms with Crippen molar-refractivity contribution in [1.29, 1.82) is 0 Å². The third-order valence-electron chi connectivity index (χ3n) is 12.3. The van der Waals surface area contributed by atoms with Crippen LogP contribution in [0.5, 0.6) is 0 Å². The van der Waals surface area contributed by atoms with Crippen LogP contribution in [0, 0.1) is 23.2 Å². The molecule has 1 saturated heterocycles. The van der Waals surface area contributed by atoms with E-state index in [2.05, 4.69) is 28.2 Å². The van der Waals surface area contributed by atoms with Crippen molar-refractivity contribution in [3.8, 4) is 0 Å². The lowest BCUT2D eigenvalue weighted by Gasteiger charge is -2.37. The van der Waals surface area contributed by atoms with Crippen LogP contribution in [0.3, 0.4) is 0 Å².